The molecule has 0 spiro atoms. The Morgan fingerprint density at radius 3 is 2.35 bits per heavy atom. The van der Waals surface area contributed by atoms with Crippen LogP contribution in [0.25, 0.3) is 6.08 Å². The molecule has 0 saturated heterocycles. The summed E-state index contributed by atoms with van der Waals surface area (Å²) in [4.78, 5) is 34.8. The quantitative estimate of drug-likeness (QED) is 0.428. The molecule has 0 unspecified atom stereocenters. The van der Waals surface area contributed by atoms with Crippen molar-refractivity contribution in [2.45, 2.75) is 13.5 Å². The molecule has 0 saturated carbocycles. The summed E-state index contributed by atoms with van der Waals surface area (Å²) in [6.45, 7) is 1.54. The van der Waals surface area contributed by atoms with Gasteiger partial charge in [0, 0.05) is 24.4 Å². The van der Waals surface area contributed by atoms with Crippen LogP contribution in [0.2, 0.25) is 0 Å². The summed E-state index contributed by atoms with van der Waals surface area (Å²) in [5, 5.41) is 13.2. The zero-order chi connectivity index (χ0) is 22.1. The number of aromatic nitrogens is 3. The average molecular weight is 419 g/mol. The highest BCUT2D eigenvalue weighted by molar-refractivity contribution is 5.95. The van der Waals surface area contributed by atoms with Crippen molar-refractivity contribution in [3.05, 3.63) is 78.1 Å². The first-order valence-electron chi connectivity index (χ1n) is 9.44. The molecule has 0 fully saturated rings. The molecule has 2 N–H and O–H groups in total. The number of hydrogen-bond acceptors (Lipinski definition) is 6. The maximum absolute atomic E-state index is 11.9. The third kappa shape index (κ3) is 7.24. The molecular weight excluding hydrogens is 398 g/mol. The van der Waals surface area contributed by atoms with E-state index in [1.165, 1.54) is 19.1 Å². The molecule has 1 heterocycles. The second-order valence-corrected chi connectivity index (χ2v) is 6.57. The Kier molecular flexibility index (Phi) is 7.26. The summed E-state index contributed by atoms with van der Waals surface area (Å²) in [7, 11) is 0. The van der Waals surface area contributed by atoms with E-state index >= 15 is 0 Å². The molecule has 3 rings (SSSR count). The van der Waals surface area contributed by atoms with Crippen molar-refractivity contribution < 1.29 is 19.1 Å². The van der Waals surface area contributed by atoms with Crippen LogP contribution in [0.4, 0.5) is 11.4 Å². The van der Waals surface area contributed by atoms with Crippen LogP contribution in [0.1, 0.15) is 18.2 Å². The van der Waals surface area contributed by atoms with E-state index in [4.69, 9.17) is 4.74 Å². The van der Waals surface area contributed by atoms with E-state index < -0.39 is 18.5 Å². The van der Waals surface area contributed by atoms with E-state index in [-0.39, 0.29) is 5.91 Å². The highest BCUT2D eigenvalue weighted by Gasteiger charge is 2.07. The van der Waals surface area contributed by atoms with Crippen molar-refractivity contribution in [2.75, 3.05) is 17.2 Å². The van der Waals surface area contributed by atoms with Gasteiger partial charge in [-0.15, -0.1) is 5.10 Å². The van der Waals surface area contributed by atoms with Gasteiger partial charge in [-0.05, 0) is 35.9 Å². The lowest BCUT2D eigenvalue weighted by atomic mass is 10.2. The highest BCUT2D eigenvalue weighted by atomic mass is 16.5. The number of amides is 2. The summed E-state index contributed by atoms with van der Waals surface area (Å²) in [5.41, 5.74) is 2.71. The van der Waals surface area contributed by atoms with Crippen LogP contribution in [0.5, 0.6) is 0 Å². The lowest BCUT2D eigenvalue weighted by Crippen LogP contribution is -2.20. The van der Waals surface area contributed by atoms with Crippen LogP contribution in [0.3, 0.4) is 0 Å². The predicted molar refractivity (Wildman–Crippen MR) is 115 cm³/mol. The van der Waals surface area contributed by atoms with Gasteiger partial charge in [0.2, 0.25) is 5.91 Å². The van der Waals surface area contributed by atoms with E-state index in [0.717, 1.165) is 5.56 Å². The van der Waals surface area contributed by atoms with Crippen LogP contribution >= 0.6 is 0 Å². The summed E-state index contributed by atoms with van der Waals surface area (Å²) < 4.78 is 6.58. The number of ether oxygens (including phenoxy) is 1. The maximum Gasteiger partial charge on any atom is 0.331 e. The Balaban J connectivity index is 1.42. The standard InChI is InChI=1S/C22H21N5O4/c1-16(28)23-18-7-9-19(10-8-18)24-21(29)15-31-22(30)12-11-20-14-27(26-25-20)13-17-5-3-2-4-6-17/h2-12,14H,13,15H2,1H3,(H,23,28)(H,24,29)/b12-11+. The highest BCUT2D eigenvalue weighted by Crippen LogP contribution is 2.13. The van der Waals surface area contributed by atoms with Crippen molar-refractivity contribution >= 4 is 35.2 Å². The van der Waals surface area contributed by atoms with Gasteiger partial charge in [0.15, 0.2) is 6.61 Å². The van der Waals surface area contributed by atoms with Crippen molar-refractivity contribution in [1.82, 2.24) is 15.0 Å². The molecular formula is C22H21N5O4. The van der Waals surface area contributed by atoms with Gasteiger partial charge in [-0.1, -0.05) is 35.5 Å². The Morgan fingerprint density at radius 2 is 1.68 bits per heavy atom. The lowest BCUT2D eigenvalue weighted by Gasteiger charge is -2.07. The number of rotatable bonds is 8. The zero-order valence-corrected chi connectivity index (χ0v) is 16.8. The minimum Gasteiger partial charge on any atom is -0.452 e. The summed E-state index contributed by atoms with van der Waals surface area (Å²) in [5.74, 6) is -1.34. The van der Waals surface area contributed by atoms with E-state index in [9.17, 15) is 14.4 Å². The van der Waals surface area contributed by atoms with Crippen LogP contribution < -0.4 is 10.6 Å². The molecule has 2 amide bonds. The van der Waals surface area contributed by atoms with E-state index in [0.29, 0.717) is 23.6 Å². The van der Waals surface area contributed by atoms with Crippen LogP contribution in [-0.4, -0.2) is 39.4 Å². The van der Waals surface area contributed by atoms with Crippen LogP contribution in [0, 0.1) is 0 Å². The Bertz CT molecular complexity index is 1070. The number of nitrogens with one attached hydrogen (secondary N) is 2. The first-order valence-corrected chi connectivity index (χ1v) is 9.44. The van der Waals surface area contributed by atoms with Crippen LogP contribution in [-0.2, 0) is 25.7 Å². The zero-order valence-electron chi connectivity index (χ0n) is 16.8. The third-order valence-electron chi connectivity index (χ3n) is 3.97. The van der Waals surface area contributed by atoms with Gasteiger partial charge >= 0.3 is 5.97 Å². The molecule has 3 aromatic rings. The number of nitrogens with zero attached hydrogens (tertiary/aromatic N) is 3. The van der Waals surface area contributed by atoms with E-state index in [2.05, 4.69) is 20.9 Å². The number of anilines is 2. The minimum absolute atomic E-state index is 0.185. The molecule has 1 aromatic heterocycles. The molecule has 0 aliphatic carbocycles. The number of benzene rings is 2. The second kappa shape index (κ2) is 10.5. The van der Waals surface area contributed by atoms with Gasteiger partial charge in [-0.2, -0.15) is 0 Å². The maximum atomic E-state index is 11.9. The fourth-order valence-corrected chi connectivity index (χ4v) is 2.61. The van der Waals surface area contributed by atoms with Gasteiger partial charge in [0.05, 0.1) is 12.7 Å². The molecule has 0 radical (unpaired) electrons. The molecule has 0 aliphatic rings. The molecule has 9 heteroatoms. The first-order chi connectivity index (χ1) is 15.0. The van der Waals surface area contributed by atoms with E-state index in [1.807, 2.05) is 30.3 Å². The molecule has 31 heavy (non-hydrogen) atoms. The number of carbonyl (C=O) groups excluding carboxylic acids is 3. The van der Waals surface area contributed by atoms with Gasteiger partial charge in [-0.25, -0.2) is 9.48 Å². The van der Waals surface area contributed by atoms with Gasteiger partial charge < -0.3 is 15.4 Å². The molecule has 0 bridgehead atoms. The molecule has 158 valence electrons. The number of esters is 1. The largest absolute Gasteiger partial charge is 0.452 e. The van der Waals surface area contributed by atoms with Gasteiger partial charge in [-0.3, -0.25) is 9.59 Å². The van der Waals surface area contributed by atoms with Gasteiger partial charge in [0.25, 0.3) is 5.91 Å². The fraction of sp³-hybridized carbons (Fsp3) is 0.136. The minimum atomic E-state index is -0.672. The SMILES string of the molecule is CC(=O)Nc1ccc(NC(=O)COC(=O)/C=C/c2cn(Cc3ccccc3)nn2)cc1. The number of carbonyl (C=O) groups is 3. The van der Waals surface area contributed by atoms with E-state index in [1.54, 1.807) is 35.1 Å². The normalized spacial score (nSPS) is 10.6. The summed E-state index contributed by atoms with van der Waals surface area (Å²) >= 11 is 0. The average Bonchev–Trinajstić information content (AvgIpc) is 3.20. The molecule has 9 nitrogen and oxygen atoms in total. The predicted octanol–water partition coefficient (Wildman–Crippen LogP) is 2.48. The van der Waals surface area contributed by atoms with Crippen molar-refractivity contribution in [3.63, 3.8) is 0 Å². The first kappa shape index (κ1) is 21.4. The second-order valence-electron chi connectivity index (χ2n) is 6.57. The number of hydrogen-bond donors (Lipinski definition) is 2. The van der Waals surface area contributed by atoms with Gasteiger partial charge in [0.1, 0.15) is 5.69 Å². The molecule has 0 atom stereocenters. The van der Waals surface area contributed by atoms with Crippen molar-refractivity contribution in [1.29, 1.82) is 0 Å². The third-order valence-corrected chi connectivity index (χ3v) is 3.97. The topological polar surface area (TPSA) is 115 Å². The molecule has 0 aliphatic heterocycles. The fourth-order valence-electron chi connectivity index (χ4n) is 2.61. The van der Waals surface area contributed by atoms with Crippen LogP contribution in [0.15, 0.2) is 66.9 Å². The Hall–Kier alpha value is -4.27. The monoisotopic (exact) mass is 419 g/mol. The van der Waals surface area contributed by atoms with Crippen molar-refractivity contribution in [3.8, 4) is 0 Å². The molecule has 2 aromatic carbocycles. The Labute approximate surface area is 178 Å². The lowest BCUT2D eigenvalue weighted by molar-refractivity contribution is -0.142. The summed E-state index contributed by atoms with van der Waals surface area (Å²) in [6, 6.07) is 16.4. The smallest absolute Gasteiger partial charge is 0.331 e. The van der Waals surface area contributed by atoms with Crippen molar-refractivity contribution in [2.24, 2.45) is 0 Å². The Morgan fingerprint density at radius 1 is 1.00 bits per heavy atom. The summed E-state index contributed by atoms with van der Waals surface area (Å²) in [6.07, 6.45) is 4.36.